The Kier molecular flexibility index (Phi) is 3.62. The molecule has 7 heteroatoms. The van der Waals surface area contributed by atoms with Gasteiger partial charge in [-0.3, -0.25) is 0 Å². The van der Waals surface area contributed by atoms with E-state index in [1.807, 2.05) is 38.1 Å². The lowest BCUT2D eigenvalue weighted by Crippen LogP contribution is -2.30. The summed E-state index contributed by atoms with van der Waals surface area (Å²) in [5, 5.41) is 14.8. The van der Waals surface area contributed by atoms with Gasteiger partial charge in [-0.05, 0) is 29.3 Å². The third-order valence-corrected chi connectivity index (χ3v) is 3.75. The summed E-state index contributed by atoms with van der Waals surface area (Å²) in [4.78, 5) is 12.3. The average molecular weight is 299 g/mol. The minimum atomic E-state index is -0.394. The molecule has 0 spiro atoms. The van der Waals surface area contributed by atoms with Crippen molar-refractivity contribution in [3.05, 3.63) is 46.7 Å². The molecular weight excluding hydrogens is 282 g/mol. The molecule has 0 bridgehead atoms. The Hall–Kier alpha value is -2.70. The Labute approximate surface area is 128 Å². The van der Waals surface area contributed by atoms with E-state index in [0.717, 1.165) is 16.8 Å². The lowest BCUT2D eigenvalue weighted by molar-refractivity contribution is -0.136. The summed E-state index contributed by atoms with van der Waals surface area (Å²) in [5.74, 6) is 0.145. The molecule has 1 N–H and O–H groups in total. The minimum absolute atomic E-state index is 0.379. The number of anilines is 1. The number of hydrogen-bond donors (Lipinski definition) is 1. The van der Waals surface area contributed by atoms with Gasteiger partial charge in [-0.25, -0.2) is 4.79 Å². The minimum Gasteiger partial charge on any atom is -0.466 e. The van der Waals surface area contributed by atoms with Crippen LogP contribution in [0.2, 0.25) is 0 Å². The number of fused-ring (bicyclic) bond motifs is 1. The summed E-state index contributed by atoms with van der Waals surface area (Å²) in [5.41, 5.74) is 3.40. The number of nitrogens with zero attached hydrogens (tertiary/aromatic N) is 4. The second kappa shape index (κ2) is 5.59. The first kappa shape index (κ1) is 14.2. The predicted molar refractivity (Wildman–Crippen MR) is 80.1 cm³/mol. The number of hydrogen-bond acceptors (Lipinski definition) is 6. The van der Waals surface area contributed by atoms with Gasteiger partial charge in [0, 0.05) is 5.70 Å². The van der Waals surface area contributed by atoms with Crippen molar-refractivity contribution in [3.8, 4) is 0 Å². The van der Waals surface area contributed by atoms with Crippen LogP contribution in [0, 0.1) is 6.92 Å². The molecule has 0 radical (unpaired) electrons. The highest BCUT2D eigenvalue weighted by molar-refractivity contribution is 5.92. The predicted octanol–water partition coefficient (Wildman–Crippen LogP) is 1.83. The molecule has 7 nitrogen and oxygen atoms in total. The first-order valence-electron chi connectivity index (χ1n) is 7.08. The van der Waals surface area contributed by atoms with Crippen molar-refractivity contribution in [2.75, 3.05) is 12.4 Å². The third kappa shape index (κ3) is 2.24. The number of esters is 1. The first-order chi connectivity index (χ1) is 10.7. The smallest absolute Gasteiger partial charge is 0.338 e. The van der Waals surface area contributed by atoms with Crippen LogP contribution in [0.3, 0.4) is 0 Å². The second-order valence-electron chi connectivity index (χ2n) is 5.12. The van der Waals surface area contributed by atoms with Crippen molar-refractivity contribution in [1.29, 1.82) is 0 Å². The molecule has 1 atom stereocenters. The molecule has 0 saturated heterocycles. The molecule has 22 heavy (non-hydrogen) atoms. The fourth-order valence-electron chi connectivity index (χ4n) is 2.62. The SMILES string of the molecule is CCC1=C(C(=O)OC)[C@H](c2ccc(C)cc2)n2nnnc2N1. The Morgan fingerprint density at radius 3 is 2.73 bits per heavy atom. The van der Waals surface area contributed by atoms with E-state index in [1.54, 1.807) is 4.68 Å². The van der Waals surface area contributed by atoms with Crippen molar-refractivity contribution in [1.82, 2.24) is 20.2 Å². The van der Waals surface area contributed by atoms with E-state index in [0.29, 0.717) is 17.9 Å². The van der Waals surface area contributed by atoms with Gasteiger partial charge >= 0.3 is 5.97 Å². The molecule has 0 aliphatic carbocycles. The van der Waals surface area contributed by atoms with E-state index in [2.05, 4.69) is 20.8 Å². The highest BCUT2D eigenvalue weighted by Gasteiger charge is 2.35. The molecule has 1 aromatic heterocycles. The molecule has 0 unspecified atom stereocenters. The van der Waals surface area contributed by atoms with E-state index in [4.69, 9.17) is 4.74 Å². The van der Waals surface area contributed by atoms with Crippen molar-refractivity contribution in [2.45, 2.75) is 26.3 Å². The van der Waals surface area contributed by atoms with Gasteiger partial charge in [0.25, 0.3) is 0 Å². The summed E-state index contributed by atoms with van der Waals surface area (Å²) in [7, 11) is 1.38. The number of carbonyl (C=O) groups excluding carboxylic acids is 1. The normalized spacial score (nSPS) is 17.0. The van der Waals surface area contributed by atoms with Gasteiger partial charge in [0.2, 0.25) is 5.95 Å². The van der Waals surface area contributed by atoms with Gasteiger partial charge in [-0.1, -0.05) is 41.9 Å². The number of aromatic nitrogens is 4. The van der Waals surface area contributed by atoms with E-state index < -0.39 is 6.04 Å². The highest BCUT2D eigenvalue weighted by Crippen LogP contribution is 2.35. The zero-order chi connectivity index (χ0) is 15.7. The molecule has 0 saturated carbocycles. The Morgan fingerprint density at radius 2 is 2.09 bits per heavy atom. The third-order valence-electron chi connectivity index (χ3n) is 3.75. The van der Waals surface area contributed by atoms with Crippen LogP contribution in [0.4, 0.5) is 5.95 Å². The van der Waals surface area contributed by atoms with Crippen LogP contribution in [-0.2, 0) is 9.53 Å². The highest BCUT2D eigenvalue weighted by atomic mass is 16.5. The van der Waals surface area contributed by atoms with Crippen LogP contribution in [0.5, 0.6) is 0 Å². The van der Waals surface area contributed by atoms with Gasteiger partial charge in [-0.2, -0.15) is 4.68 Å². The second-order valence-corrected chi connectivity index (χ2v) is 5.12. The van der Waals surface area contributed by atoms with Gasteiger partial charge < -0.3 is 10.1 Å². The number of ether oxygens (including phenoxy) is 1. The maximum atomic E-state index is 12.3. The molecular formula is C15H17N5O2. The van der Waals surface area contributed by atoms with Crippen LogP contribution < -0.4 is 5.32 Å². The Bertz CT molecular complexity index is 733. The fourth-order valence-corrected chi connectivity index (χ4v) is 2.62. The monoisotopic (exact) mass is 299 g/mol. The van der Waals surface area contributed by atoms with Crippen molar-refractivity contribution < 1.29 is 9.53 Å². The Balaban J connectivity index is 2.19. The van der Waals surface area contributed by atoms with Crippen LogP contribution in [0.15, 0.2) is 35.5 Å². The number of rotatable bonds is 3. The number of benzene rings is 1. The zero-order valence-electron chi connectivity index (χ0n) is 12.7. The van der Waals surface area contributed by atoms with Gasteiger partial charge in [0.05, 0.1) is 12.7 Å². The lowest BCUT2D eigenvalue weighted by atomic mass is 9.94. The number of allylic oxidation sites excluding steroid dienone is 1. The molecule has 3 rings (SSSR count). The first-order valence-corrected chi connectivity index (χ1v) is 7.08. The molecule has 0 fully saturated rings. The Morgan fingerprint density at radius 1 is 1.36 bits per heavy atom. The topological polar surface area (TPSA) is 81.9 Å². The summed E-state index contributed by atoms with van der Waals surface area (Å²) in [6, 6.07) is 7.57. The average Bonchev–Trinajstić information content (AvgIpc) is 3.01. The summed E-state index contributed by atoms with van der Waals surface area (Å²) in [6.07, 6.45) is 0.652. The summed E-state index contributed by atoms with van der Waals surface area (Å²) < 4.78 is 6.58. The van der Waals surface area contributed by atoms with E-state index in [-0.39, 0.29) is 5.97 Å². The molecule has 1 aromatic carbocycles. The van der Waals surface area contributed by atoms with Gasteiger partial charge in [-0.15, -0.1) is 0 Å². The van der Waals surface area contributed by atoms with E-state index in [9.17, 15) is 4.79 Å². The molecule has 2 aromatic rings. The number of carbonyl (C=O) groups is 1. The van der Waals surface area contributed by atoms with Gasteiger partial charge in [0.1, 0.15) is 6.04 Å². The van der Waals surface area contributed by atoms with Crippen molar-refractivity contribution in [3.63, 3.8) is 0 Å². The van der Waals surface area contributed by atoms with Crippen LogP contribution in [0.1, 0.15) is 30.5 Å². The maximum absolute atomic E-state index is 12.3. The van der Waals surface area contributed by atoms with Crippen LogP contribution in [-0.4, -0.2) is 33.3 Å². The number of nitrogens with one attached hydrogen (secondary N) is 1. The molecule has 2 heterocycles. The van der Waals surface area contributed by atoms with Crippen molar-refractivity contribution in [2.24, 2.45) is 0 Å². The number of methoxy groups -OCH3 is 1. The molecule has 114 valence electrons. The quantitative estimate of drug-likeness (QED) is 0.871. The number of aryl methyl sites for hydroxylation is 1. The van der Waals surface area contributed by atoms with E-state index >= 15 is 0 Å². The largest absolute Gasteiger partial charge is 0.466 e. The van der Waals surface area contributed by atoms with Crippen molar-refractivity contribution >= 4 is 11.9 Å². The van der Waals surface area contributed by atoms with Crippen LogP contribution in [0.25, 0.3) is 0 Å². The lowest BCUT2D eigenvalue weighted by Gasteiger charge is -2.28. The summed E-state index contributed by atoms with van der Waals surface area (Å²) in [6.45, 7) is 3.99. The summed E-state index contributed by atoms with van der Waals surface area (Å²) >= 11 is 0. The molecule has 1 aliphatic rings. The molecule has 1 aliphatic heterocycles. The standard InChI is InChI=1S/C15H17N5O2/c1-4-11-12(14(21)22-3)13(10-7-5-9(2)6-8-10)20-15(16-11)17-18-19-20/h5-8,13H,4H2,1-3H3,(H,16,17,19)/t13-/m0/s1. The fraction of sp³-hybridized carbons (Fsp3) is 0.333. The van der Waals surface area contributed by atoms with Gasteiger partial charge in [0.15, 0.2) is 0 Å². The maximum Gasteiger partial charge on any atom is 0.338 e. The van der Waals surface area contributed by atoms with E-state index in [1.165, 1.54) is 7.11 Å². The zero-order valence-corrected chi connectivity index (χ0v) is 12.7. The van der Waals surface area contributed by atoms with Crippen LogP contribution >= 0.6 is 0 Å². The molecule has 0 amide bonds. The number of tetrazole rings is 1.